The molecule has 1 aromatic rings. The summed E-state index contributed by atoms with van der Waals surface area (Å²) < 4.78 is 0. The third-order valence-corrected chi connectivity index (χ3v) is 2.23. The first-order valence-corrected chi connectivity index (χ1v) is 5.25. The average molecular weight is 228 g/mol. The monoisotopic (exact) mass is 227 g/mol. The van der Waals surface area contributed by atoms with E-state index >= 15 is 0 Å². The number of halogens is 1. The van der Waals surface area contributed by atoms with Crippen LogP contribution in [0.4, 0.5) is 5.69 Å². The molecule has 15 heavy (non-hydrogen) atoms. The lowest BCUT2D eigenvalue weighted by atomic mass is 10.2. The Bertz CT molecular complexity index is 324. The predicted octanol–water partition coefficient (Wildman–Crippen LogP) is 2.44. The van der Waals surface area contributed by atoms with E-state index in [1.807, 2.05) is 6.92 Å². The van der Waals surface area contributed by atoms with Gasteiger partial charge in [-0.15, -0.1) is 0 Å². The molecule has 0 bridgehead atoms. The van der Waals surface area contributed by atoms with Gasteiger partial charge < -0.3 is 10.4 Å². The fourth-order valence-electron chi connectivity index (χ4n) is 1.16. The second-order valence-corrected chi connectivity index (χ2v) is 3.74. The van der Waals surface area contributed by atoms with Gasteiger partial charge in [0.1, 0.15) is 6.10 Å². The largest absolute Gasteiger partial charge is 0.383 e. The van der Waals surface area contributed by atoms with Crippen molar-refractivity contribution < 1.29 is 9.90 Å². The minimum absolute atomic E-state index is 0.376. The van der Waals surface area contributed by atoms with Gasteiger partial charge in [-0.3, -0.25) is 4.79 Å². The summed E-state index contributed by atoms with van der Waals surface area (Å²) in [7, 11) is 0. The first-order valence-electron chi connectivity index (χ1n) is 4.88. The van der Waals surface area contributed by atoms with Gasteiger partial charge in [-0.05, 0) is 30.7 Å². The molecule has 1 amide bonds. The zero-order valence-corrected chi connectivity index (χ0v) is 9.29. The van der Waals surface area contributed by atoms with Gasteiger partial charge in [-0.25, -0.2) is 0 Å². The van der Waals surface area contributed by atoms with E-state index < -0.39 is 6.10 Å². The van der Waals surface area contributed by atoms with Gasteiger partial charge in [0.2, 0.25) is 0 Å². The van der Waals surface area contributed by atoms with Crippen LogP contribution in [0.15, 0.2) is 24.3 Å². The van der Waals surface area contributed by atoms with E-state index in [0.717, 1.165) is 6.42 Å². The van der Waals surface area contributed by atoms with Gasteiger partial charge in [0.25, 0.3) is 5.91 Å². The number of hydrogen-bond acceptors (Lipinski definition) is 2. The Balaban J connectivity index is 2.54. The summed E-state index contributed by atoms with van der Waals surface area (Å²) in [4.78, 5) is 11.4. The Kier molecular flexibility index (Phi) is 4.59. The fourth-order valence-corrected chi connectivity index (χ4v) is 1.29. The van der Waals surface area contributed by atoms with Gasteiger partial charge in [0.05, 0.1) is 0 Å². The number of aliphatic hydroxyl groups excluding tert-OH is 1. The Labute approximate surface area is 94.1 Å². The van der Waals surface area contributed by atoms with E-state index in [1.165, 1.54) is 0 Å². The lowest BCUT2D eigenvalue weighted by Crippen LogP contribution is -2.27. The third kappa shape index (κ3) is 3.90. The molecule has 3 nitrogen and oxygen atoms in total. The van der Waals surface area contributed by atoms with Crippen LogP contribution in [0.25, 0.3) is 0 Å². The van der Waals surface area contributed by atoms with Crippen molar-refractivity contribution in [2.24, 2.45) is 0 Å². The maximum Gasteiger partial charge on any atom is 0.253 e. The average Bonchev–Trinajstić information content (AvgIpc) is 2.22. The highest BCUT2D eigenvalue weighted by molar-refractivity contribution is 6.30. The van der Waals surface area contributed by atoms with Crippen LogP contribution in [0.2, 0.25) is 5.02 Å². The number of benzene rings is 1. The summed E-state index contributed by atoms with van der Waals surface area (Å²) in [6.45, 7) is 1.92. The van der Waals surface area contributed by atoms with Crippen LogP contribution in [0.1, 0.15) is 19.8 Å². The molecular formula is C11H14ClNO2. The Morgan fingerprint density at radius 3 is 2.60 bits per heavy atom. The number of amides is 1. The molecule has 0 aromatic heterocycles. The van der Waals surface area contributed by atoms with Crippen molar-refractivity contribution in [1.29, 1.82) is 0 Å². The maximum atomic E-state index is 11.4. The van der Waals surface area contributed by atoms with Gasteiger partial charge in [-0.2, -0.15) is 0 Å². The molecule has 0 spiro atoms. The molecule has 4 heteroatoms. The van der Waals surface area contributed by atoms with Crippen molar-refractivity contribution >= 4 is 23.2 Å². The van der Waals surface area contributed by atoms with Crippen LogP contribution in [0, 0.1) is 0 Å². The second kappa shape index (κ2) is 5.73. The zero-order valence-electron chi connectivity index (χ0n) is 8.53. The van der Waals surface area contributed by atoms with Crippen LogP contribution in [0.5, 0.6) is 0 Å². The molecule has 0 saturated heterocycles. The zero-order chi connectivity index (χ0) is 11.3. The molecule has 1 atom stereocenters. The van der Waals surface area contributed by atoms with Crippen LogP contribution >= 0.6 is 11.6 Å². The number of nitrogens with one attached hydrogen (secondary N) is 1. The molecule has 1 aromatic carbocycles. The first kappa shape index (κ1) is 12.0. The number of aliphatic hydroxyl groups is 1. The van der Waals surface area contributed by atoms with Gasteiger partial charge >= 0.3 is 0 Å². The van der Waals surface area contributed by atoms with Crippen molar-refractivity contribution in [3.8, 4) is 0 Å². The van der Waals surface area contributed by atoms with Crippen molar-refractivity contribution in [3.05, 3.63) is 29.3 Å². The molecule has 0 saturated carbocycles. The van der Waals surface area contributed by atoms with Gasteiger partial charge in [-0.1, -0.05) is 24.9 Å². The maximum absolute atomic E-state index is 11.4. The Hall–Kier alpha value is -1.06. The van der Waals surface area contributed by atoms with Crippen LogP contribution in [-0.4, -0.2) is 17.1 Å². The van der Waals surface area contributed by atoms with Crippen molar-refractivity contribution in [3.63, 3.8) is 0 Å². The van der Waals surface area contributed by atoms with Crippen LogP contribution in [0.3, 0.4) is 0 Å². The van der Waals surface area contributed by atoms with E-state index in [-0.39, 0.29) is 5.91 Å². The number of hydrogen-bond donors (Lipinski definition) is 2. The Morgan fingerprint density at radius 1 is 1.47 bits per heavy atom. The summed E-state index contributed by atoms with van der Waals surface area (Å²) >= 11 is 5.70. The summed E-state index contributed by atoms with van der Waals surface area (Å²) in [6.07, 6.45) is 0.305. The molecule has 1 unspecified atom stereocenters. The quantitative estimate of drug-likeness (QED) is 0.830. The lowest BCUT2D eigenvalue weighted by Gasteiger charge is -2.10. The minimum atomic E-state index is -0.939. The molecule has 0 radical (unpaired) electrons. The summed E-state index contributed by atoms with van der Waals surface area (Å²) in [6, 6.07) is 6.75. The summed E-state index contributed by atoms with van der Waals surface area (Å²) in [5.41, 5.74) is 0.638. The highest BCUT2D eigenvalue weighted by atomic mass is 35.5. The molecular weight excluding hydrogens is 214 g/mol. The molecule has 0 heterocycles. The first-order chi connectivity index (χ1) is 7.13. The van der Waals surface area contributed by atoms with E-state index in [0.29, 0.717) is 17.1 Å². The van der Waals surface area contributed by atoms with Gasteiger partial charge in [0, 0.05) is 10.7 Å². The predicted molar refractivity (Wildman–Crippen MR) is 61.0 cm³/mol. The van der Waals surface area contributed by atoms with Crippen LogP contribution < -0.4 is 5.32 Å². The topological polar surface area (TPSA) is 49.3 Å². The molecule has 0 aliphatic rings. The molecule has 2 N–H and O–H groups in total. The van der Waals surface area contributed by atoms with Gasteiger partial charge in [0.15, 0.2) is 0 Å². The van der Waals surface area contributed by atoms with E-state index in [9.17, 15) is 9.90 Å². The van der Waals surface area contributed by atoms with Crippen molar-refractivity contribution in [2.45, 2.75) is 25.9 Å². The molecule has 82 valence electrons. The number of anilines is 1. The number of carbonyl (C=O) groups is 1. The summed E-state index contributed by atoms with van der Waals surface area (Å²) in [5.74, 6) is -0.376. The van der Waals surface area contributed by atoms with Crippen LogP contribution in [-0.2, 0) is 4.79 Å². The van der Waals surface area contributed by atoms with E-state index in [2.05, 4.69) is 5.32 Å². The standard InChI is InChI=1S/C11H14ClNO2/c1-2-3-10(14)11(15)13-9-6-4-8(12)5-7-9/h4-7,10,14H,2-3H2,1H3,(H,13,15). The van der Waals surface area contributed by atoms with E-state index in [4.69, 9.17) is 11.6 Å². The molecule has 0 aliphatic carbocycles. The second-order valence-electron chi connectivity index (χ2n) is 3.30. The van der Waals surface area contributed by atoms with Crippen molar-refractivity contribution in [1.82, 2.24) is 0 Å². The number of carbonyl (C=O) groups excluding carboxylic acids is 1. The highest BCUT2D eigenvalue weighted by Crippen LogP contribution is 2.13. The smallest absolute Gasteiger partial charge is 0.253 e. The SMILES string of the molecule is CCCC(O)C(=O)Nc1ccc(Cl)cc1. The van der Waals surface area contributed by atoms with Crippen molar-refractivity contribution in [2.75, 3.05) is 5.32 Å². The van der Waals surface area contributed by atoms with E-state index in [1.54, 1.807) is 24.3 Å². The molecule has 0 aliphatic heterocycles. The lowest BCUT2D eigenvalue weighted by molar-refractivity contribution is -0.124. The number of rotatable bonds is 4. The Morgan fingerprint density at radius 2 is 2.07 bits per heavy atom. The minimum Gasteiger partial charge on any atom is -0.383 e. The highest BCUT2D eigenvalue weighted by Gasteiger charge is 2.13. The third-order valence-electron chi connectivity index (χ3n) is 1.98. The molecule has 0 fully saturated rings. The normalized spacial score (nSPS) is 12.2. The summed E-state index contributed by atoms with van der Waals surface area (Å²) in [5, 5.41) is 12.6. The molecule has 1 rings (SSSR count). The fraction of sp³-hybridized carbons (Fsp3) is 0.364.